The highest BCUT2D eigenvalue weighted by Gasteiger charge is 2.17. The number of primary amides is 1. The maximum absolute atomic E-state index is 11.6. The molecule has 2 rings (SSSR count). The van der Waals surface area contributed by atoms with Crippen LogP contribution in [0.1, 0.15) is 10.5 Å². The number of aryl methyl sites for hydroxylation is 1. The first-order valence-electron chi connectivity index (χ1n) is 5.26. The van der Waals surface area contributed by atoms with Crippen LogP contribution in [0.4, 0.5) is 5.82 Å². The number of nitrogen functional groups attached to an aromatic ring is 1. The number of aromatic nitrogens is 3. The number of hydrogen-bond donors (Lipinski definition) is 2. The first kappa shape index (κ1) is 12.6. The number of hydrogen-bond acceptors (Lipinski definition) is 5. The Kier molecular flexibility index (Phi) is 2.91. The van der Waals surface area contributed by atoms with E-state index in [2.05, 4.69) is 4.98 Å². The molecule has 98 valence electrons. The third kappa shape index (κ3) is 2.23. The van der Waals surface area contributed by atoms with Gasteiger partial charge in [0.25, 0.3) is 5.91 Å². The highest BCUT2D eigenvalue weighted by Crippen LogP contribution is 2.15. The summed E-state index contributed by atoms with van der Waals surface area (Å²) in [6.07, 6.45) is 2.60. The lowest BCUT2D eigenvalue weighted by Gasteiger charge is -2.10. The number of rotatable bonds is 2. The molecule has 1 amide bonds. The van der Waals surface area contributed by atoms with E-state index in [1.54, 1.807) is 7.05 Å². The van der Waals surface area contributed by atoms with Crippen molar-refractivity contribution in [3.63, 3.8) is 0 Å². The van der Waals surface area contributed by atoms with E-state index in [0.717, 1.165) is 6.20 Å². The summed E-state index contributed by atoms with van der Waals surface area (Å²) in [5.74, 6) is -1.25. The van der Waals surface area contributed by atoms with E-state index in [1.807, 2.05) is 0 Å². The average Bonchev–Trinajstić information content (AvgIpc) is 2.35. The molecule has 0 aromatic carbocycles. The molecule has 0 aliphatic rings. The van der Waals surface area contributed by atoms with E-state index >= 15 is 0 Å². The SMILES string of the molecule is Cn1cc(-c2c[n+]([O-])c(N)c(C(N)=O)n2)ccc1=O. The fourth-order valence-electron chi connectivity index (χ4n) is 1.56. The van der Waals surface area contributed by atoms with Crippen molar-refractivity contribution >= 4 is 11.7 Å². The van der Waals surface area contributed by atoms with Gasteiger partial charge in [-0.2, -0.15) is 0 Å². The van der Waals surface area contributed by atoms with Gasteiger partial charge in [0.15, 0.2) is 0 Å². The van der Waals surface area contributed by atoms with Gasteiger partial charge in [0.05, 0.1) is 0 Å². The van der Waals surface area contributed by atoms with E-state index in [0.29, 0.717) is 10.3 Å². The van der Waals surface area contributed by atoms with Gasteiger partial charge in [0.2, 0.25) is 11.3 Å². The number of nitrogens with zero attached hydrogens (tertiary/aromatic N) is 3. The summed E-state index contributed by atoms with van der Waals surface area (Å²) in [5.41, 5.74) is 10.7. The Morgan fingerprint density at radius 2 is 2.16 bits per heavy atom. The lowest BCUT2D eigenvalue weighted by atomic mass is 10.2. The quantitative estimate of drug-likeness (QED) is 0.515. The van der Waals surface area contributed by atoms with Gasteiger partial charge in [-0.25, -0.2) is 9.71 Å². The fraction of sp³-hybridized carbons (Fsp3) is 0.0909. The van der Waals surface area contributed by atoms with Crippen molar-refractivity contribution in [3.8, 4) is 11.3 Å². The summed E-state index contributed by atoms with van der Waals surface area (Å²) >= 11 is 0. The molecule has 2 aromatic rings. The first-order valence-corrected chi connectivity index (χ1v) is 5.26. The van der Waals surface area contributed by atoms with Gasteiger partial charge in [-0.3, -0.25) is 15.3 Å². The van der Waals surface area contributed by atoms with Crippen molar-refractivity contribution in [1.82, 2.24) is 9.55 Å². The van der Waals surface area contributed by atoms with E-state index in [4.69, 9.17) is 11.5 Å². The molecule has 8 nitrogen and oxygen atoms in total. The van der Waals surface area contributed by atoms with Crippen LogP contribution >= 0.6 is 0 Å². The van der Waals surface area contributed by atoms with Gasteiger partial charge < -0.3 is 15.5 Å². The molecule has 0 atom stereocenters. The molecule has 8 heteroatoms. The molecule has 0 unspecified atom stereocenters. The van der Waals surface area contributed by atoms with Crippen molar-refractivity contribution in [2.45, 2.75) is 0 Å². The monoisotopic (exact) mass is 261 g/mol. The normalized spacial score (nSPS) is 10.4. The summed E-state index contributed by atoms with van der Waals surface area (Å²) in [5, 5.41) is 11.6. The third-order valence-electron chi connectivity index (χ3n) is 2.57. The van der Waals surface area contributed by atoms with Crippen molar-refractivity contribution in [3.05, 3.63) is 45.8 Å². The summed E-state index contributed by atoms with van der Waals surface area (Å²) in [4.78, 5) is 26.4. The summed E-state index contributed by atoms with van der Waals surface area (Å²) in [6, 6.07) is 2.82. The predicted octanol–water partition coefficient (Wildman–Crippen LogP) is -1.24. The minimum atomic E-state index is -0.895. The molecule has 19 heavy (non-hydrogen) atoms. The lowest BCUT2D eigenvalue weighted by Crippen LogP contribution is -2.35. The maximum Gasteiger partial charge on any atom is 0.307 e. The van der Waals surface area contributed by atoms with Gasteiger partial charge >= 0.3 is 5.82 Å². The van der Waals surface area contributed by atoms with Gasteiger partial charge in [0.1, 0.15) is 11.9 Å². The second-order valence-electron chi connectivity index (χ2n) is 3.92. The summed E-state index contributed by atoms with van der Waals surface area (Å²) in [6.45, 7) is 0. The van der Waals surface area contributed by atoms with Crippen LogP contribution in [0.2, 0.25) is 0 Å². The molecular weight excluding hydrogens is 250 g/mol. The highest BCUT2D eigenvalue weighted by atomic mass is 16.5. The Labute approximate surface area is 107 Å². The van der Waals surface area contributed by atoms with Crippen molar-refractivity contribution in [2.75, 3.05) is 5.73 Å². The van der Waals surface area contributed by atoms with Crippen molar-refractivity contribution < 1.29 is 9.52 Å². The number of pyridine rings is 1. The molecule has 0 bridgehead atoms. The zero-order valence-corrected chi connectivity index (χ0v) is 10.0. The van der Waals surface area contributed by atoms with E-state index < -0.39 is 5.91 Å². The summed E-state index contributed by atoms with van der Waals surface area (Å²) in [7, 11) is 1.56. The number of nitrogens with two attached hydrogens (primary N) is 2. The van der Waals surface area contributed by atoms with Crippen LogP contribution in [0, 0.1) is 5.21 Å². The van der Waals surface area contributed by atoms with Gasteiger partial charge in [-0.1, -0.05) is 0 Å². The van der Waals surface area contributed by atoms with Gasteiger partial charge in [-0.15, -0.1) is 0 Å². The highest BCUT2D eigenvalue weighted by molar-refractivity contribution is 5.94. The number of carbonyl (C=O) groups excluding carboxylic acids is 1. The first-order chi connectivity index (χ1) is 8.90. The Morgan fingerprint density at radius 3 is 2.74 bits per heavy atom. The van der Waals surface area contributed by atoms with Crippen LogP contribution < -0.4 is 21.8 Å². The molecule has 2 aromatic heterocycles. The van der Waals surface area contributed by atoms with Crippen molar-refractivity contribution in [1.29, 1.82) is 0 Å². The summed E-state index contributed by atoms with van der Waals surface area (Å²) < 4.78 is 1.64. The molecular formula is C11H11N5O3. The van der Waals surface area contributed by atoms with E-state index in [1.165, 1.54) is 22.9 Å². The molecule has 0 radical (unpaired) electrons. The molecule has 2 heterocycles. The largest absolute Gasteiger partial charge is 0.710 e. The van der Waals surface area contributed by atoms with Crippen molar-refractivity contribution in [2.24, 2.45) is 12.8 Å². The Hall–Kier alpha value is -2.90. The van der Waals surface area contributed by atoms with Gasteiger partial charge in [0, 0.05) is 24.9 Å². The fourth-order valence-corrected chi connectivity index (χ4v) is 1.56. The molecule has 0 aliphatic carbocycles. The zero-order chi connectivity index (χ0) is 14.2. The second kappa shape index (κ2) is 4.41. The van der Waals surface area contributed by atoms with Crippen LogP contribution in [-0.2, 0) is 7.05 Å². The van der Waals surface area contributed by atoms with Crippen LogP contribution in [-0.4, -0.2) is 15.5 Å². The third-order valence-corrected chi connectivity index (χ3v) is 2.57. The number of carbonyl (C=O) groups is 1. The molecule has 0 aliphatic heterocycles. The van der Waals surface area contributed by atoms with Crippen LogP contribution in [0.5, 0.6) is 0 Å². The minimum absolute atomic E-state index is 0.202. The Morgan fingerprint density at radius 1 is 1.47 bits per heavy atom. The van der Waals surface area contributed by atoms with Crippen LogP contribution in [0.25, 0.3) is 11.3 Å². The Balaban J connectivity index is 2.66. The van der Waals surface area contributed by atoms with E-state index in [-0.39, 0.29) is 22.8 Å². The predicted molar refractivity (Wildman–Crippen MR) is 66.8 cm³/mol. The zero-order valence-electron chi connectivity index (χ0n) is 10.0. The smallest absolute Gasteiger partial charge is 0.307 e. The van der Waals surface area contributed by atoms with E-state index in [9.17, 15) is 14.8 Å². The Bertz CT molecular complexity index is 723. The molecule has 0 spiro atoms. The molecule has 0 saturated heterocycles. The topological polar surface area (TPSA) is 131 Å². The lowest BCUT2D eigenvalue weighted by molar-refractivity contribution is -0.589. The van der Waals surface area contributed by atoms with Crippen LogP contribution in [0.3, 0.4) is 0 Å². The maximum atomic E-state index is 11.6. The minimum Gasteiger partial charge on any atom is -0.710 e. The average molecular weight is 261 g/mol. The van der Waals surface area contributed by atoms with Gasteiger partial charge in [-0.05, 0) is 6.07 Å². The number of amides is 1. The standard InChI is InChI=1S/C11H11N5O3/c1-15-4-6(2-3-8(15)17)7-5-16(19)10(12)9(14-7)11(13)18/h2-5H,12H2,1H3,(H2,13,18). The van der Waals surface area contributed by atoms with Crippen LogP contribution in [0.15, 0.2) is 29.3 Å². The molecule has 0 fully saturated rings. The molecule has 0 saturated carbocycles. The molecule has 4 N–H and O–H groups in total. The second-order valence-corrected chi connectivity index (χ2v) is 3.92. The number of anilines is 1.